The van der Waals surface area contributed by atoms with Gasteiger partial charge in [-0.3, -0.25) is 4.79 Å². The second-order valence-electron chi connectivity index (χ2n) is 3.90. The Morgan fingerprint density at radius 1 is 0.750 bits per heavy atom. The highest BCUT2D eigenvalue weighted by molar-refractivity contribution is 6.32. The van der Waals surface area contributed by atoms with E-state index in [0.29, 0.717) is 0 Å². The molecule has 2 aromatic rings. The highest BCUT2D eigenvalue weighted by Crippen LogP contribution is 2.25. The van der Waals surface area contributed by atoms with Crippen molar-refractivity contribution >= 4 is 19.1 Å². The third-order valence-corrected chi connectivity index (χ3v) is 2.61. The summed E-state index contributed by atoms with van der Waals surface area (Å²) in [5.41, 5.74) is -1.47. The Balaban J connectivity index is 2.64. The van der Waals surface area contributed by atoms with E-state index in [9.17, 15) is 26.7 Å². The molecule has 0 spiro atoms. The van der Waals surface area contributed by atoms with Crippen molar-refractivity contribution in [2.75, 3.05) is 0 Å². The maximum absolute atomic E-state index is 13.5. The smallest absolute Gasteiger partial charge is 0.200 e. The molecule has 0 saturated carbocycles. The molecule has 7 heteroatoms. The molecule has 2 radical (unpaired) electrons. The first kappa shape index (κ1) is 14.2. The topological polar surface area (TPSA) is 17.1 Å². The lowest BCUT2D eigenvalue weighted by atomic mass is 9.93. The summed E-state index contributed by atoms with van der Waals surface area (Å²) in [6.45, 7) is 0. The van der Waals surface area contributed by atoms with Gasteiger partial charge in [0.15, 0.2) is 29.1 Å². The van der Waals surface area contributed by atoms with Crippen LogP contribution in [0.15, 0.2) is 24.3 Å². The molecular weight excluding hydrogens is 278 g/mol. The Bertz CT molecular complexity index is 668. The van der Waals surface area contributed by atoms with Gasteiger partial charge in [0.05, 0.1) is 0 Å². The van der Waals surface area contributed by atoms with E-state index in [4.69, 9.17) is 7.85 Å². The van der Waals surface area contributed by atoms with E-state index in [1.165, 1.54) is 12.1 Å². The summed E-state index contributed by atoms with van der Waals surface area (Å²) in [4.78, 5) is 11.8. The molecule has 0 aliphatic rings. The third-order valence-electron chi connectivity index (χ3n) is 2.61. The van der Waals surface area contributed by atoms with Crippen molar-refractivity contribution in [1.82, 2.24) is 0 Å². The molecule has 0 amide bonds. The first-order valence-electron chi connectivity index (χ1n) is 5.26. The predicted octanol–water partition coefficient (Wildman–Crippen LogP) is 2.41. The van der Waals surface area contributed by atoms with Gasteiger partial charge >= 0.3 is 0 Å². The molecule has 20 heavy (non-hydrogen) atoms. The Morgan fingerprint density at radius 3 is 1.60 bits per heavy atom. The zero-order valence-electron chi connectivity index (χ0n) is 9.68. The quantitative estimate of drug-likeness (QED) is 0.272. The van der Waals surface area contributed by atoms with Gasteiger partial charge in [-0.1, -0.05) is 29.7 Å². The summed E-state index contributed by atoms with van der Waals surface area (Å²) in [6, 6.07) is 4.77. The first-order valence-corrected chi connectivity index (χ1v) is 5.26. The largest absolute Gasteiger partial charge is 0.288 e. The Hall–Kier alpha value is -2.18. The van der Waals surface area contributed by atoms with Crippen LogP contribution < -0.4 is 5.46 Å². The van der Waals surface area contributed by atoms with E-state index in [-0.39, 0.29) is 11.0 Å². The highest BCUT2D eigenvalue weighted by Gasteiger charge is 2.30. The molecular formula is C13H4BF5O. The van der Waals surface area contributed by atoms with Gasteiger partial charge in [0, 0.05) is 5.56 Å². The molecule has 2 aromatic carbocycles. The number of benzene rings is 2. The van der Waals surface area contributed by atoms with Gasteiger partial charge in [-0.2, -0.15) is 0 Å². The molecule has 0 atom stereocenters. The molecule has 1 nitrogen and oxygen atoms in total. The van der Waals surface area contributed by atoms with Gasteiger partial charge < -0.3 is 0 Å². The SMILES string of the molecule is [B]c1ccc(C(=O)c2c(F)c(F)c(F)c(F)c2F)cc1. The van der Waals surface area contributed by atoms with Crippen molar-refractivity contribution in [3.8, 4) is 0 Å². The average Bonchev–Trinajstić information content (AvgIpc) is 2.44. The standard InChI is InChI=1S/C13H4BF5O/c14-6-3-1-5(2-4-6)13(20)7-8(15)10(17)12(19)11(18)9(7)16/h1-4H. The van der Waals surface area contributed by atoms with E-state index in [1.54, 1.807) is 0 Å². The fraction of sp³-hybridized carbons (Fsp3) is 0. The van der Waals surface area contributed by atoms with Crippen LogP contribution in [0.2, 0.25) is 0 Å². The third kappa shape index (κ3) is 2.19. The normalized spacial score (nSPS) is 10.7. The van der Waals surface area contributed by atoms with Crippen molar-refractivity contribution < 1.29 is 26.7 Å². The molecule has 0 aliphatic heterocycles. The van der Waals surface area contributed by atoms with Crippen LogP contribution in [0.1, 0.15) is 15.9 Å². The molecule has 100 valence electrons. The van der Waals surface area contributed by atoms with Crippen molar-refractivity contribution in [3.05, 3.63) is 64.5 Å². The zero-order chi connectivity index (χ0) is 15.0. The summed E-state index contributed by atoms with van der Waals surface area (Å²) in [6.07, 6.45) is 0. The lowest BCUT2D eigenvalue weighted by molar-refractivity contribution is 0.102. The van der Waals surface area contributed by atoms with Crippen molar-refractivity contribution in [2.24, 2.45) is 0 Å². The van der Waals surface area contributed by atoms with E-state index < -0.39 is 40.4 Å². The van der Waals surface area contributed by atoms with Crippen LogP contribution in [0.3, 0.4) is 0 Å². The second-order valence-corrected chi connectivity index (χ2v) is 3.90. The lowest BCUT2D eigenvalue weighted by Crippen LogP contribution is -2.14. The molecule has 0 aromatic heterocycles. The van der Waals surface area contributed by atoms with Gasteiger partial charge in [0.1, 0.15) is 13.4 Å². The maximum atomic E-state index is 13.5. The Labute approximate surface area is 111 Å². The summed E-state index contributed by atoms with van der Waals surface area (Å²) in [5, 5.41) is 0. The lowest BCUT2D eigenvalue weighted by Gasteiger charge is -2.07. The van der Waals surface area contributed by atoms with Crippen LogP contribution in [0, 0.1) is 29.1 Å². The molecule has 0 fully saturated rings. The van der Waals surface area contributed by atoms with Crippen molar-refractivity contribution in [1.29, 1.82) is 0 Å². The Kier molecular flexibility index (Phi) is 3.61. The minimum atomic E-state index is -2.31. The minimum Gasteiger partial charge on any atom is -0.288 e. The molecule has 0 aliphatic carbocycles. The molecule has 0 heterocycles. The summed E-state index contributed by atoms with van der Waals surface area (Å²) >= 11 is 0. The van der Waals surface area contributed by atoms with Crippen LogP contribution in [-0.4, -0.2) is 13.6 Å². The van der Waals surface area contributed by atoms with E-state index >= 15 is 0 Å². The van der Waals surface area contributed by atoms with Crippen LogP contribution in [-0.2, 0) is 0 Å². The van der Waals surface area contributed by atoms with Crippen LogP contribution in [0.4, 0.5) is 22.0 Å². The number of rotatable bonds is 2. The average molecular weight is 282 g/mol. The summed E-state index contributed by atoms with van der Waals surface area (Å²) in [5.74, 6) is -12.3. The zero-order valence-corrected chi connectivity index (χ0v) is 9.68. The second kappa shape index (κ2) is 5.07. The fourth-order valence-corrected chi connectivity index (χ4v) is 1.58. The molecule has 0 N–H and O–H groups in total. The highest BCUT2D eigenvalue weighted by atomic mass is 19.2. The van der Waals surface area contributed by atoms with E-state index in [0.717, 1.165) is 12.1 Å². The van der Waals surface area contributed by atoms with Gasteiger partial charge in [-0.05, 0) is 0 Å². The van der Waals surface area contributed by atoms with Crippen LogP contribution in [0.25, 0.3) is 0 Å². The first-order chi connectivity index (χ1) is 9.34. The molecule has 0 bridgehead atoms. The number of halogens is 5. The van der Waals surface area contributed by atoms with Crippen LogP contribution >= 0.6 is 0 Å². The van der Waals surface area contributed by atoms with Gasteiger partial charge in [0.2, 0.25) is 5.82 Å². The van der Waals surface area contributed by atoms with Crippen molar-refractivity contribution in [3.63, 3.8) is 0 Å². The molecule has 0 unspecified atom stereocenters. The number of carbonyl (C=O) groups excluding carboxylic acids is 1. The predicted molar refractivity (Wildman–Crippen MR) is 61.5 cm³/mol. The van der Waals surface area contributed by atoms with Gasteiger partial charge in [-0.25, -0.2) is 22.0 Å². The molecule has 2 rings (SSSR count). The number of hydrogen-bond donors (Lipinski definition) is 0. The van der Waals surface area contributed by atoms with Crippen molar-refractivity contribution in [2.45, 2.75) is 0 Å². The summed E-state index contributed by atoms with van der Waals surface area (Å²) < 4.78 is 65.8. The number of hydrogen-bond acceptors (Lipinski definition) is 1. The minimum absolute atomic E-state index is 0.248. The Morgan fingerprint density at radius 2 is 1.15 bits per heavy atom. The van der Waals surface area contributed by atoms with Gasteiger partial charge in [-0.15, -0.1) is 0 Å². The van der Waals surface area contributed by atoms with E-state index in [2.05, 4.69) is 0 Å². The summed E-state index contributed by atoms with van der Waals surface area (Å²) in [7, 11) is 5.36. The van der Waals surface area contributed by atoms with Gasteiger partial charge in [0.25, 0.3) is 0 Å². The number of ketones is 1. The monoisotopic (exact) mass is 282 g/mol. The maximum Gasteiger partial charge on any atom is 0.200 e. The fourth-order valence-electron chi connectivity index (χ4n) is 1.58. The molecule has 0 saturated heterocycles. The van der Waals surface area contributed by atoms with E-state index in [1.807, 2.05) is 0 Å². The van der Waals surface area contributed by atoms with Crippen LogP contribution in [0.5, 0.6) is 0 Å². The number of carbonyl (C=O) groups is 1.